The fraction of sp³-hybridized carbons (Fsp3) is 0.440. The first-order valence-electron chi connectivity index (χ1n) is 12.3. The quantitative estimate of drug-likeness (QED) is 0.127. The Morgan fingerprint density at radius 2 is 1.59 bits per heavy atom. The molecule has 0 aliphatic rings. The number of imidazole rings is 1. The van der Waals surface area contributed by atoms with Crippen molar-refractivity contribution in [1.82, 2.24) is 25.9 Å². The van der Waals surface area contributed by atoms with Crippen LogP contribution < -0.4 is 27.4 Å². The summed E-state index contributed by atoms with van der Waals surface area (Å²) in [7, 11) is 0. The van der Waals surface area contributed by atoms with Gasteiger partial charge in [0.2, 0.25) is 23.6 Å². The molecular weight excluding hydrogens is 526 g/mol. The van der Waals surface area contributed by atoms with E-state index in [-0.39, 0.29) is 32.1 Å². The van der Waals surface area contributed by atoms with Crippen molar-refractivity contribution in [2.24, 2.45) is 11.5 Å². The Kier molecular flexibility index (Phi) is 13.0. The highest BCUT2D eigenvalue weighted by Gasteiger charge is 2.31. The maximum atomic E-state index is 13.3. The van der Waals surface area contributed by atoms with Crippen LogP contribution in [0.15, 0.2) is 42.9 Å². The molecule has 0 aliphatic carbocycles. The Morgan fingerprint density at radius 3 is 2.18 bits per heavy atom. The van der Waals surface area contributed by atoms with Crippen LogP contribution >= 0.6 is 11.8 Å². The fourth-order valence-corrected chi connectivity index (χ4v) is 4.10. The van der Waals surface area contributed by atoms with Gasteiger partial charge in [0.25, 0.3) is 0 Å². The molecule has 39 heavy (non-hydrogen) atoms. The molecule has 0 saturated heterocycles. The van der Waals surface area contributed by atoms with E-state index in [0.717, 1.165) is 0 Å². The number of hydrogen-bond donors (Lipinski definition) is 7. The zero-order valence-electron chi connectivity index (χ0n) is 21.6. The lowest BCUT2D eigenvalue weighted by Gasteiger charge is -2.25. The highest BCUT2D eigenvalue weighted by Crippen LogP contribution is 2.08. The molecule has 0 bridgehead atoms. The predicted octanol–water partition coefficient (Wildman–Crippen LogP) is -0.920. The standard InChI is InChI=1S/C25H35N7O6S/c1-39-10-9-18(30-22(34)17(26)7-8-21(27)33)23(35)31-19(12-16-13-28-14-29-16)24(36)32-20(25(37)38)11-15-5-3-2-4-6-15/h2-6,13-14,17-20H,7-12,26H2,1H3,(H2,27,33)(H,28,29)(H,30,34)(H,31,35)(H,32,36)(H,37,38). The van der Waals surface area contributed by atoms with E-state index in [4.69, 9.17) is 11.5 Å². The summed E-state index contributed by atoms with van der Waals surface area (Å²) >= 11 is 1.46. The van der Waals surface area contributed by atoms with E-state index in [0.29, 0.717) is 17.0 Å². The summed E-state index contributed by atoms with van der Waals surface area (Å²) in [6.07, 6.45) is 4.94. The van der Waals surface area contributed by atoms with Gasteiger partial charge < -0.3 is 37.5 Å². The molecule has 0 fully saturated rings. The first-order valence-corrected chi connectivity index (χ1v) is 13.7. The number of benzene rings is 1. The van der Waals surface area contributed by atoms with Gasteiger partial charge in [-0.3, -0.25) is 19.2 Å². The number of carbonyl (C=O) groups excluding carboxylic acids is 4. The molecule has 1 heterocycles. The third kappa shape index (κ3) is 11.2. The van der Waals surface area contributed by atoms with Crippen LogP contribution in [0, 0.1) is 0 Å². The number of hydrogen-bond acceptors (Lipinski definition) is 8. The van der Waals surface area contributed by atoms with Crippen LogP contribution in [-0.2, 0) is 36.8 Å². The van der Waals surface area contributed by atoms with Crippen LogP contribution in [0.2, 0.25) is 0 Å². The van der Waals surface area contributed by atoms with Gasteiger partial charge in [-0.1, -0.05) is 30.3 Å². The van der Waals surface area contributed by atoms with Gasteiger partial charge in [-0.2, -0.15) is 11.8 Å². The second-order valence-corrected chi connectivity index (χ2v) is 9.87. The van der Waals surface area contributed by atoms with E-state index in [1.54, 1.807) is 30.3 Å². The lowest BCUT2D eigenvalue weighted by atomic mass is 10.0. The maximum Gasteiger partial charge on any atom is 0.326 e. The number of primary amides is 1. The number of H-pyrrole nitrogens is 1. The average molecular weight is 562 g/mol. The molecule has 1 aromatic heterocycles. The Hall–Kier alpha value is -3.91. The zero-order valence-corrected chi connectivity index (χ0v) is 22.4. The van der Waals surface area contributed by atoms with Crippen LogP contribution in [0.5, 0.6) is 0 Å². The van der Waals surface area contributed by atoms with E-state index < -0.39 is 53.8 Å². The minimum Gasteiger partial charge on any atom is -0.480 e. The molecule has 1 aromatic carbocycles. The molecule has 4 atom stereocenters. The second kappa shape index (κ2) is 16.1. The number of thioether (sulfide) groups is 1. The Morgan fingerprint density at radius 1 is 0.949 bits per heavy atom. The normalized spacial score (nSPS) is 13.9. The van der Waals surface area contributed by atoms with Crippen molar-refractivity contribution in [3.63, 3.8) is 0 Å². The maximum absolute atomic E-state index is 13.3. The molecule has 0 saturated carbocycles. The minimum absolute atomic E-state index is 0.00340. The molecule has 2 rings (SSSR count). The monoisotopic (exact) mass is 561 g/mol. The summed E-state index contributed by atoms with van der Waals surface area (Å²) in [6, 6.07) is 4.33. The summed E-state index contributed by atoms with van der Waals surface area (Å²) in [6.45, 7) is 0. The van der Waals surface area contributed by atoms with Crippen LogP contribution in [0.1, 0.15) is 30.5 Å². The Bertz CT molecular complexity index is 1100. The van der Waals surface area contributed by atoms with E-state index in [1.165, 1.54) is 24.3 Å². The van der Waals surface area contributed by atoms with Crippen molar-refractivity contribution < 1.29 is 29.1 Å². The van der Waals surface area contributed by atoms with Gasteiger partial charge in [-0.25, -0.2) is 9.78 Å². The van der Waals surface area contributed by atoms with Gasteiger partial charge in [0.15, 0.2) is 0 Å². The number of carboxylic acids is 1. The summed E-state index contributed by atoms with van der Waals surface area (Å²) in [5.74, 6) is -3.31. The smallest absolute Gasteiger partial charge is 0.326 e. The van der Waals surface area contributed by atoms with Crippen molar-refractivity contribution in [3.05, 3.63) is 54.1 Å². The highest BCUT2D eigenvalue weighted by atomic mass is 32.2. The summed E-state index contributed by atoms with van der Waals surface area (Å²) < 4.78 is 0. The molecule has 2 aromatic rings. The molecule has 4 amide bonds. The van der Waals surface area contributed by atoms with Gasteiger partial charge in [-0.15, -0.1) is 0 Å². The molecule has 4 unspecified atom stereocenters. The first kappa shape index (κ1) is 31.3. The van der Waals surface area contributed by atoms with Gasteiger partial charge in [0.1, 0.15) is 18.1 Å². The van der Waals surface area contributed by atoms with Crippen molar-refractivity contribution >= 4 is 41.4 Å². The van der Waals surface area contributed by atoms with Crippen LogP contribution in [0.3, 0.4) is 0 Å². The summed E-state index contributed by atoms with van der Waals surface area (Å²) in [5.41, 5.74) is 12.2. The molecule has 0 spiro atoms. The number of aromatic nitrogens is 2. The van der Waals surface area contributed by atoms with E-state index in [9.17, 15) is 29.1 Å². The van der Waals surface area contributed by atoms with Crippen molar-refractivity contribution in [3.8, 4) is 0 Å². The molecule has 14 heteroatoms. The van der Waals surface area contributed by atoms with Crippen molar-refractivity contribution in [2.45, 2.75) is 56.3 Å². The Balaban J connectivity index is 2.17. The lowest BCUT2D eigenvalue weighted by Crippen LogP contribution is -2.58. The minimum atomic E-state index is -1.24. The van der Waals surface area contributed by atoms with Gasteiger partial charge in [0.05, 0.1) is 12.4 Å². The number of rotatable bonds is 17. The van der Waals surface area contributed by atoms with E-state index in [1.807, 2.05) is 6.26 Å². The lowest BCUT2D eigenvalue weighted by molar-refractivity contribution is -0.142. The molecule has 0 radical (unpaired) electrons. The number of carboxylic acid groups (broad SMARTS) is 1. The molecular formula is C25H35N7O6S. The average Bonchev–Trinajstić information content (AvgIpc) is 3.42. The number of nitrogens with two attached hydrogens (primary N) is 2. The number of nitrogens with one attached hydrogen (secondary N) is 4. The van der Waals surface area contributed by atoms with Crippen molar-refractivity contribution in [1.29, 1.82) is 0 Å². The molecule has 9 N–H and O–H groups in total. The number of aromatic amines is 1. The number of aliphatic carboxylic acids is 1. The van der Waals surface area contributed by atoms with E-state index in [2.05, 4.69) is 25.9 Å². The second-order valence-electron chi connectivity index (χ2n) is 8.89. The first-order chi connectivity index (χ1) is 18.6. The summed E-state index contributed by atoms with van der Waals surface area (Å²) in [5, 5.41) is 17.4. The number of nitrogens with zero attached hydrogens (tertiary/aromatic N) is 1. The number of amides is 4. The zero-order chi connectivity index (χ0) is 28.8. The van der Waals surface area contributed by atoms with E-state index >= 15 is 0 Å². The predicted molar refractivity (Wildman–Crippen MR) is 145 cm³/mol. The molecule has 13 nitrogen and oxygen atoms in total. The summed E-state index contributed by atoms with van der Waals surface area (Å²) in [4.78, 5) is 68.8. The topological polar surface area (TPSA) is 222 Å². The number of carbonyl (C=O) groups is 5. The highest BCUT2D eigenvalue weighted by molar-refractivity contribution is 7.98. The van der Waals surface area contributed by atoms with Gasteiger partial charge >= 0.3 is 5.97 Å². The van der Waals surface area contributed by atoms with Crippen molar-refractivity contribution in [2.75, 3.05) is 12.0 Å². The van der Waals surface area contributed by atoms with Crippen LogP contribution in [0.25, 0.3) is 0 Å². The van der Waals surface area contributed by atoms with Gasteiger partial charge in [-0.05, 0) is 30.4 Å². The van der Waals surface area contributed by atoms with Crippen LogP contribution in [0.4, 0.5) is 0 Å². The largest absolute Gasteiger partial charge is 0.480 e. The third-order valence-corrected chi connectivity index (χ3v) is 6.44. The molecule has 212 valence electrons. The Labute approximate surface area is 230 Å². The molecule has 0 aliphatic heterocycles. The SMILES string of the molecule is CSCCC(NC(=O)C(N)CCC(N)=O)C(=O)NC(Cc1cnc[nH]1)C(=O)NC(Cc1ccccc1)C(=O)O. The van der Waals surface area contributed by atoms with Crippen LogP contribution in [-0.4, -0.2) is 80.8 Å². The van der Waals surface area contributed by atoms with Gasteiger partial charge in [0, 0.05) is 31.2 Å². The fourth-order valence-electron chi connectivity index (χ4n) is 3.63. The third-order valence-electron chi connectivity index (χ3n) is 5.79.